The first-order valence-corrected chi connectivity index (χ1v) is 6.69. The Morgan fingerprint density at radius 2 is 1.95 bits per heavy atom. The smallest absolute Gasteiger partial charge is 0.323 e. The van der Waals surface area contributed by atoms with Gasteiger partial charge < -0.3 is 19.5 Å². The molecule has 0 fully saturated rings. The van der Waals surface area contributed by atoms with Gasteiger partial charge in [0, 0.05) is 12.1 Å². The van der Waals surface area contributed by atoms with Crippen LogP contribution in [0, 0.1) is 0 Å². The van der Waals surface area contributed by atoms with Gasteiger partial charge in [0.1, 0.15) is 18.0 Å². The Balaban J connectivity index is 3.16. The molecule has 1 amide bonds. The summed E-state index contributed by atoms with van der Waals surface area (Å²) in [6.07, 6.45) is 0.664. The van der Waals surface area contributed by atoms with Gasteiger partial charge in [-0.25, -0.2) is 0 Å². The molecule has 0 aliphatic heterocycles. The number of carbonyl (C=O) groups is 2. The molecule has 1 rings (SSSR count). The fourth-order valence-corrected chi connectivity index (χ4v) is 1.92. The van der Waals surface area contributed by atoms with Crippen molar-refractivity contribution >= 4 is 11.9 Å². The quantitative estimate of drug-likeness (QED) is 0.833. The standard InChI is InChI=1S/C15H21NO5/c1-5-10(2)16(9-14(17)18)15(19)12-7-6-11(20-3)8-13(12)21-4/h6-8,10H,5,9H2,1-4H3,(H,17,18). The normalized spacial score (nSPS) is 11.6. The van der Waals surface area contributed by atoms with E-state index in [2.05, 4.69) is 0 Å². The van der Waals surface area contributed by atoms with E-state index in [1.54, 1.807) is 18.2 Å². The van der Waals surface area contributed by atoms with Gasteiger partial charge in [-0.3, -0.25) is 9.59 Å². The lowest BCUT2D eigenvalue weighted by Crippen LogP contribution is -2.41. The number of hydrogen-bond donors (Lipinski definition) is 1. The number of carbonyl (C=O) groups excluding carboxylic acids is 1. The molecule has 1 N–H and O–H groups in total. The fraction of sp³-hybridized carbons (Fsp3) is 0.467. The third kappa shape index (κ3) is 4.11. The summed E-state index contributed by atoms with van der Waals surface area (Å²) in [5.41, 5.74) is 0.319. The number of nitrogens with zero attached hydrogens (tertiary/aromatic N) is 1. The van der Waals surface area contributed by atoms with Gasteiger partial charge in [-0.2, -0.15) is 0 Å². The predicted octanol–water partition coefficient (Wildman–Crippen LogP) is 2.03. The zero-order chi connectivity index (χ0) is 16.0. The van der Waals surface area contributed by atoms with E-state index in [9.17, 15) is 9.59 Å². The monoisotopic (exact) mass is 295 g/mol. The predicted molar refractivity (Wildman–Crippen MR) is 78.0 cm³/mol. The summed E-state index contributed by atoms with van der Waals surface area (Å²) in [5, 5.41) is 8.99. The zero-order valence-electron chi connectivity index (χ0n) is 12.8. The van der Waals surface area contributed by atoms with E-state index in [1.165, 1.54) is 19.1 Å². The van der Waals surface area contributed by atoms with Crippen LogP contribution in [0.25, 0.3) is 0 Å². The van der Waals surface area contributed by atoms with E-state index < -0.39 is 5.97 Å². The summed E-state index contributed by atoms with van der Waals surface area (Å²) < 4.78 is 10.3. The Hall–Kier alpha value is -2.24. The van der Waals surface area contributed by atoms with E-state index in [0.717, 1.165) is 0 Å². The molecule has 1 aromatic rings. The molecule has 0 bridgehead atoms. The maximum absolute atomic E-state index is 12.6. The average molecular weight is 295 g/mol. The topological polar surface area (TPSA) is 76.1 Å². The first kappa shape index (κ1) is 16.8. The lowest BCUT2D eigenvalue weighted by molar-refractivity contribution is -0.138. The second-order valence-corrected chi connectivity index (χ2v) is 4.65. The van der Waals surface area contributed by atoms with Gasteiger partial charge in [0.05, 0.1) is 19.8 Å². The molecule has 1 atom stereocenters. The van der Waals surface area contributed by atoms with Gasteiger partial charge in [0.25, 0.3) is 5.91 Å². The summed E-state index contributed by atoms with van der Waals surface area (Å²) in [5.74, 6) is -0.489. The first-order valence-electron chi connectivity index (χ1n) is 6.69. The van der Waals surface area contributed by atoms with Crippen molar-refractivity contribution in [1.82, 2.24) is 4.90 Å². The van der Waals surface area contributed by atoms with Crippen LogP contribution in [-0.2, 0) is 4.79 Å². The molecule has 116 valence electrons. The minimum Gasteiger partial charge on any atom is -0.497 e. The summed E-state index contributed by atoms with van der Waals surface area (Å²) in [7, 11) is 2.97. The van der Waals surface area contributed by atoms with Crippen LogP contribution in [0.5, 0.6) is 11.5 Å². The van der Waals surface area contributed by atoms with E-state index in [0.29, 0.717) is 23.5 Å². The second kappa shape index (κ2) is 7.52. The number of carboxylic acids is 1. The largest absolute Gasteiger partial charge is 0.497 e. The van der Waals surface area contributed by atoms with Crippen LogP contribution in [0.1, 0.15) is 30.6 Å². The highest BCUT2D eigenvalue weighted by molar-refractivity contribution is 5.98. The average Bonchev–Trinajstić information content (AvgIpc) is 2.50. The Morgan fingerprint density at radius 1 is 1.29 bits per heavy atom. The van der Waals surface area contributed by atoms with Crippen LogP contribution >= 0.6 is 0 Å². The minimum atomic E-state index is -1.05. The SMILES string of the molecule is CCC(C)N(CC(=O)O)C(=O)c1ccc(OC)cc1OC. The number of methoxy groups -OCH3 is 2. The van der Waals surface area contributed by atoms with E-state index in [1.807, 2.05) is 13.8 Å². The maximum atomic E-state index is 12.6. The highest BCUT2D eigenvalue weighted by Gasteiger charge is 2.25. The number of ether oxygens (including phenoxy) is 2. The van der Waals surface area contributed by atoms with Crippen molar-refractivity contribution in [1.29, 1.82) is 0 Å². The third-order valence-electron chi connectivity index (χ3n) is 3.33. The number of rotatable bonds is 7. The Labute approximate surface area is 124 Å². The van der Waals surface area contributed by atoms with Crippen LogP contribution in [0.15, 0.2) is 18.2 Å². The van der Waals surface area contributed by atoms with Gasteiger partial charge in [0.15, 0.2) is 0 Å². The summed E-state index contributed by atoms with van der Waals surface area (Å²) >= 11 is 0. The molecule has 1 aromatic carbocycles. The van der Waals surface area contributed by atoms with Crippen LogP contribution in [0.4, 0.5) is 0 Å². The second-order valence-electron chi connectivity index (χ2n) is 4.65. The van der Waals surface area contributed by atoms with Crippen molar-refractivity contribution in [3.05, 3.63) is 23.8 Å². The highest BCUT2D eigenvalue weighted by atomic mass is 16.5. The molecule has 0 aliphatic carbocycles. The van der Waals surface area contributed by atoms with Crippen molar-refractivity contribution in [2.24, 2.45) is 0 Å². The number of carboxylic acid groups (broad SMARTS) is 1. The molecule has 0 heterocycles. The molecule has 0 spiro atoms. The van der Waals surface area contributed by atoms with E-state index in [-0.39, 0.29) is 18.5 Å². The number of aliphatic carboxylic acids is 1. The van der Waals surface area contributed by atoms with E-state index in [4.69, 9.17) is 14.6 Å². The van der Waals surface area contributed by atoms with Crippen molar-refractivity contribution in [2.75, 3.05) is 20.8 Å². The van der Waals surface area contributed by atoms with Crippen LogP contribution < -0.4 is 9.47 Å². The van der Waals surface area contributed by atoms with E-state index >= 15 is 0 Å². The Morgan fingerprint density at radius 3 is 2.43 bits per heavy atom. The van der Waals surface area contributed by atoms with Crippen molar-refractivity contribution < 1.29 is 24.2 Å². The molecule has 0 aliphatic rings. The molecular formula is C15H21NO5. The minimum absolute atomic E-state index is 0.180. The van der Waals surface area contributed by atoms with Gasteiger partial charge in [0.2, 0.25) is 0 Å². The van der Waals surface area contributed by atoms with Gasteiger partial charge in [-0.15, -0.1) is 0 Å². The fourth-order valence-electron chi connectivity index (χ4n) is 1.92. The molecule has 6 heteroatoms. The number of amides is 1. The van der Waals surface area contributed by atoms with Gasteiger partial charge >= 0.3 is 5.97 Å². The van der Waals surface area contributed by atoms with Crippen LogP contribution in [-0.4, -0.2) is 48.7 Å². The lowest BCUT2D eigenvalue weighted by atomic mass is 10.1. The first-order chi connectivity index (χ1) is 9.94. The Kier molecular flexibility index (Phi) is 6.02. The molecule has 0 saturated carbocycles. The van der Waals surface area contributed by atoms with Crippen LogP contribution in [0.2, 0.25) is 0 Å². The summed E-state index contributed by atoms with van der Waals surface area (Å²) in [4.78, 5) is 24.9. The zero-order valence-corrected chi connectivity index (χ0v) is 12.8. The van der Waals surface area contributed by atoms with Crippen molar-refractivity contribution in [3.63, 3.8) is 0 Å². The highest BCUT2D eigenvalue weighted by Crippen LogP contribution is 2.26. The Bertz CT molecular complexity index is 515. The third-order valence-corrected chi connectivity index (χ3v) is 3.33. The maximum Gasteiger partial charge on any atom is 0.323 e. The molecule has 21 heavy (non-hydrogen) atoms. The number of hydrogen-bond acceptors (Lipinski definition) is 4. The van der Waals surface area contributed by atoms with Crippen LogP contribution in [0.3, 0.4) is 0 Å². The molecule has 6 nitrogen and oxygen atoms in total. The molecule has 1 unspecified atom stereocenters. The summed E-state index contributed by atoms with van der Waals surface area (Å²) in [6, 6.07) is 4.64. The van der Waals surface area contributed by atoms with Crippen molar-refractivity contribution in [3.8, 4) is 11.5 Å². The molecular weight excluding hydrogens is 274 g/mol. The van der Waals surface area contributed by atoms with Crippen molar-refractivity contribution in [2.45, 2.75) is 26.3 Å². The molecule has 0 saturated heterocycles. The summed E-state index contributed by atoms with van der Waals surface area (Å²) in [6.45, 7) is 3.37. The lowest BCUT2D eigenvalue weighted by Gasteiger charge is -2.27. The van der Waals surface area contributed by atoms with Gasteiger partial charge in [-0.05, 0) is 25.5 Å². The molecule has 0 radical (unpaired) electrons. The molecule has 0 aromatic heterocycles. The van der Waals surface area contributed by atoms with Gasteiger partial charge in [-0.1, -0.05) is 6.92 Å². The number of benzene rings is 1.